The Bertz CT molecular complexity index is 401. The molecule has 0 aromatic heterocycles. The summed E-state index contributed by atoms with van der Waals surface area (Å²) in [4.78, 5) is 0. The van der Waals surface area contributed by atoms with Gasteiger partial charge in [-0.3, -0.25) is 0 Å². The van der Waals surface area contributed by atoms with Gasteiger partial charge in [-0.25, -0.2) is 0 Å². The first-order valence-corrected chi connectivity index (χ1v) is 6.37. The molecule has 1 aliphatic carbocycles. The van der Waals surface area contributed by atoms with Crippen LogP contribution >= 0.6 is 0 Å². The van der Waals surface area contributed by atoms with Gasteiger partial charge in [-0.15, -0.1) is 0 Å². The molecular formula is C14H19NO2. The first-order valence-electron chi connectivity index (χ1n) is 6.37. The summed E-state index contributed by atoms with van der Waals surface area (Å²) >= 11 is 0. The molecule has 0 saturated heterocycles. The zero-order valence-electron chi connectivity index (χ0n) is 10.2. The van der Waals surface area contributed by atoms with Crippen molar-refractivity contribution in [2.75, 3.05) is 20.3 Å². The number of hydrogen-bond acceptors (Lipinski definition) is 3. The Labute approximate surface area is 102 Å². The van der Waals surface area contributed by atoms with Crippen LogP contribution in [0, 0.1) is 0 Å². The number of rotatable bonds is 5. The van der Waals surface area contributed by atoms with Crippen LogP contribution in [0.25, 0.3) is 0 Å². The Hall–Kier alpha value is -1.06. The molecule has 1 unspecified atom stereocenters. The van der Waals surface area contributed by atoms with E-state index in [9.17, 15) is 0 Å². The average molecular weight is 233 g/mol. The second-order valence-electron chi connectivity index (χ2n) is 4.92. The molecule has 1 fully saturated rings. The maximum atomic E-state index is 5.71. The molecule has 0 radical (unpaired) electrons. The molecule has 3 nitrogen and oxygen atoms in total. The van der Waals surface area contributed by atoms with E-state index >= 15 is 0 Å². The Balaban J connectivity index is 1.74. The predicted molar refractivity (Wildman–Crippen MR) is 66.4 cm³/mol. The molecule has 0 amide bonds. The van der Waals surface area contributed by atoms with E-state index in [4.69, 9.17) is 9.47 Å². The smallest absolute Gasteiger partial charge is 0.124 e. The zero-order valence-corrected chi connectivity index (χ0v) is 10.2. The number of benzene rings is 1. The summed E-state index contributed by atoms with van der Waals surface area (Å²) in [6.45, 7) is 1.56. The monoisotopic (exact) mass is 233 g/mol. The fourth-order valence-electron chi connectivity index (χ4n) is 2.31. The highest BCUT2D eigenvalue weighted by molar-refractivity contribution is 5.42. The number of fused-ring (bicyclic) bond motifs is 1. The molecule has 1 heterocycles. The quantitative estimate of drug-likeness (QED) is 0.844. The van der Waals surface area contributed by atoms with Gasteiger partial charge >= 0.3 is 0 Å². The molecule has 1 aromatic rings. The van der Waals surface area contributed by atoms with Crippen LogP contribution < -0.4 is 10.1 Å². The fraction of sp³-hybridized carbons (Fsp3) is 0.571. The van der Waals surface area contributed by atoms with Crippen molar-refractivity contribution in [2.24, 2.45) is 0 Å². The summed E-state index contributed by atoms with van der Waals surface area (Å²) in [5, 5.41) is 3.64. The van der Waals surface area contributed by atoms with E-state index in [0.29, 0.717) is 6.04 Å². The molecule has 3 heteroatoms. The molecule has 1 atom stereocenters. The number of methoxy groups -OCH3 is 1. The van der Waals surface area contributed by atoms with E-state index < -0.39 is 0 Å². The number of nitrogens with one attached hydrogen (secondary N) is 1. The summed E-state index contributed by atoms with van der Waals surface area (Å²) < 4.78 is 10.8. The van der Waals surface area contributed by atoms with Crippen molar-refractivity contribution in [3.05, 3.63) is 29.3 Å². The van der Waals surface area contributed by atoms with Crippen molar-refractivity contribution in [2.45, 2.75) is 31.3 Å². The summed E-state index contributed by atoms with van der Waals surface area (Å²) in [5.74, 6) is 1.05. The van der Waals surface area contributed by atoms with Gasteiger partial charge < -0.3 is 14.8 Å². The topological polar surface area (TPSA) is 30.5 Å². The largest absolute Gasteiger partial charge is 0.491 e. The van der Waals surface area contributed by atoms with Crippen molar-refractivity contribution in [3.63, 3.8) is 0 Å². The van der Waals surface area contributed by atoms with E-state index in [2.05, 4.69) is 23.5 Å². The van der Waals surface area contributed by atoms with E-state index in [1.807, 2.05) is 0 Å². The molecule has 2 aliphatic rings. The van der Waals surface area contributed by atoms with Gasteiger partial charge in [0.05, 0.1) is 12.6 Å². The second kappa shape index (κ2) is 4.67. The Morgan fingerprint density at radius 3 is 3.06 bits per heavy atom. The fourth-order valence-corrected chi connectivity index (χ4v) is 2.31. The minimum atomic E-state index is 0.389. The number of hydrogen-bond donors (Lipinski definition) is 1. The maximum absolute atomic E-state index is 5.71. The van der Waals surface area contributed by atoms with Crippen molar-refractivity contribution in [1.82, 2.24) is 5.32 Å². The average Bonchev–Trinajstić information content (AvgIpc) is 3.08. The van der Waals surface area contributed by atoms with Crippen LogP contribution in [0.2, 0.25) is 0 Å². The molecule has 17 heavy (non-hydrogen) atoms. The minimum absolute atomic E-state index is 0.389. The molecule has 1 saturated carbocycles. The zero-order chi connectivity index (χ0) is 11.7. The van der Waals surface area contributed by atoms with Gasteiger partial charge in [0, 0.05) is 18.7 Å². The molecule has 1 aromatic carbocycles. The van der Waals surface area contributed by atoms with Crippen molar-refractivity contribution < 1.29 is 9.47 Å². The van der Waals surface area contributed by atoms with Crippen LogP contribution in [-0.4, -0.2) is 26.4 Å². The lowest BCUT2D eigenvalue weighted by Gasteiger charge is -2.11. The Morgan fingerprint density at radius 2 is 2.29 bits per heavy atom. The Morgan fingerprint density at radius 1 is 1.41 bits per heavy atom. The summed E-state index contributed by atoms with van der Waals surface area (Å²) in [5.41, 5.74) is 2.66. The lowest BCUT2D eigenvalue weighted by Crippen LogP contribution is -2.24. The van der Waals surface area contributed by atoms with E-state index in [0.717, 1.165) is 31.4 Å². The summed E-state index contributed by atoms with van der Waals surface area (Å²) in [6, 6.07) is 7.60. The lowest BCUT2D eigenvalue weighted by atomic mass is 10.0. The van der Waals surface area contributed by atoms with Crippen LogP contribution in [-0.2, 0) is 11.2 Å². The molecule has 3 rings (SSSR count). The van der Waals surface area contributed by atoms with Gasteiger partial charge in [0.1, 0.15) is 12.4 Å². The lowest BCUT2D eigenvalue weighted by molar-refractivity contribution is 0.202. The van der Waals surface area contributed by atoms with Gasteiger partial charge in [0.15, 0.2) is 0 Å². The van der Waals surface area contributed by atoms with Crippen LogP contribution in [0.3, 0.4) is 0 Å². The first-order chi connectivity index (χ1) is 8.36. The number of ether oxygens (including phenoxy) is 2. The van der Waals surface area contributed by atoms with Gasteiger partial charge in [-0.2, -0.15) is 0 Å². The summed E-state index contributed by atoms with van der Waals surface area (Å²) in [6.07, 6.45) is 3.60. The van der Waals surface area contributed by atoms with E-state index in [1.54, 1.807) is 7.11 Å². The third-order valence-corrected chi connectivity index (χ3v) is 3.46. The molecule has 0 spiro atoms. The van der Waals surface area contributed by atoms with Crippen LogP contribution in [0.4, 0.5) is 0 Å². The van der Waals surface area contributed by atoms with Gasteiger partial charge in [0.2, 0.25) is 0 Å². The first kappa shape index (κ1) is 11.1. The third-order valence-electron chi connectivity index (χ3n) is 3.46. The molecule has 1 aliphatic heterocycles. The predicted octanol–water partition coefficient (Wildman–Crippen LogP) is 2.06. The maximum Gasteiger partial charge on any atom is 0.124 e. The molecule has 92 valence electrons. The van der Waals surface area contributed by atoms with E-state index in [1.165, 1.54) is 24.0 Å². The third kappa shape index (κ3) is 2.45. The van der Waals surface area contributed by atoms with Crippen molar-refractivity contribution >= 4 is 0 Å². The minimum Gasteiger partial charge on any atom is -0.491 e. The van der Waals surface area contributed by atoms with Crippen LogP contribution in [0.1, 0.15) is 30.0 Å². The second-order valence-corrected chi connectivity index (χ2v) is 4.92. The SMILES string of the molecule is COCCc1ccc2c(c1)C(NC1CC1)CO2. The van der Waals surface area contributed by atoms with Crippen LogP contribution in [0.5, 0.6) is 5.75 Å². The van der Waals surface area contributed by atoms with Crippen molar-refractivity contribution in [3.8, 4) is 5.75 Å². The summed E-state index contributed by atoms with van der Waals surface area (Å²) in [7, 11) is 1.74. The van der Waals surface area contributed by atoms with Gasteiger partial charge in [0.25, 0.3) is 0 Å². The highest BCUT2D eigenvalue weighted by Gasteiger charge is 2.30. The molecular weight excluding hydrogens is 214 g/mol. The van der Waals surface area contributed by atoms with E-state index in [-0.39, 0.29) is 0 Å². The Kier molecular flexibility index (Phi) is 3.04. The van der Waals surface area contributed by atoms with Gasteiger partial charge in [-0.1, -0.05) is 12.1 Å². The molecule has 0 bridgehead atoms. The van der Waals surface area contributed by atoms with Crippen molar-refractivity contribution in [1.29, 1.82) is 0 Å². The highest BCUT2D eigenvalue weighted by Crippen LogP contribution is 2.35. The normalized spacial score (nSPS) is 22.3. The molecule has 1 N–H and O–H groups in total. The standard InChI is InChI=1S/C14H19NO2/c1-16-7-6-10-2-5-14-12(8-10)13(9-17-14)15-11-3-4-11/h2,5,8,11,13,15H,3-4,6-7,9H2,1H3. The van der Waals surface area contributed by atoms with Gasteiger partial charge in [-0.05, 0) is 30.9 Å². The van der Waals surface area contributed by atoms with Crippen LogP contribution in [0.15, 0.2) is 18.2 Å². The highest BCUT2D eigenvalue weighted by atomic mass is 16.5.